The van der Waals surface area contributed by atoms with Crippen LogP contribution in [0.2, 0.25) is 0 Å². The van der Waals surface area contributed by atoms with E-state index in [0.29, 0.717) is 0 Å². The van der Waals surface area contributed by atoms with E-state index in [0.717, 1.165) is 12.8 Å². The molecule has 0 aromatic carbocycles. The molecule has 0 nitrogen and oxygen atoms in total. The minimum Gasteiger partial charge on any atom is -0.518 e. The topological polar surface area (TPSA) is 0 Å². The molecule has 0 bridgehead atoms. The largest absolute Gasteiger partial charge is 2.00 e. The molecule has 0 rings (SSSR count). The fourth-order valence-electron chi connectivity index (χ4n) is 0.167. The Kier molecular flexibility index (Phi) is 43.3. The second-order valence-corrected chi connectivity index (χ2v) is 1.31. The third-order valence-corrected chi connectivity index (χ3v) is 0.455. The van der Waals surface area contributed by atoms with E-state index in [-0.39, 0.29) is 23.1 Å². The monoisotopic (exact) mass is 134 g/mol. The first-order valence-corrected chi connectivity index (χ1v) is 2.77. The van der Waals surface area contributed by atoms with Crippen LogP contribution in [0.15, 0.2) is 18.7 Å². The normalized spacial score (nSPS) is 5.44. The van der Waals surface area contributed by atoms with Crippen LogP contribution < -0.4 is 0 Å². The predicted octanol–water partition coefficient (Wildman–Crippen LogP) is 2.40. The van der Waals surface area contributed by atoms with Gasteiger partial charge in [-0.1, -0.05) is 19.8 Å². The SMILES string of the molecule is C=C[CH2-].[CH-]=CCCC.[Mg+2]. The Morgan fingerprint density at radius 1 is 1.67 bits per heavy atom. The van der Waals surface area contributed by atoms with Crippen molar-refractivity contribution in [2.75, 3.05) is 0 Å². The van der Waals surface area contributed by atoms with Crippen LogP contribution in [0.5, 0.6) is 0 Å². The van der Waals surface area contributed by atoms with Crippen molar-refractivity contribution in [1.82, 2.24) is 0 Å². The Morgan fingerprint density at radius 3 is 2.00 bits per heavy atom. The standard InChI is InChI=1S/C5H9.C3H5.Mg/c1-3-5-4-2;1-3-2;/h1,3H,4-5H2,2H3;3H,1-2H2;/q2*-1;+2. The molecule has 0 amide bonds. The molecule has 0 fully saturated rings. The first-order chi connectivity index (χ1) is 3.83. The zero-order valence-corrected chi connectivity index (χ0v) is 7.68. The molecule has 48 valence electrons. The molecule has 0 N–H and O–H groups in total. The molecule has 1 heteroatoms. The summed E-state index contributed by atoms with van der Waals surface area (Å²) in [4.78, 5) is 0. The second-order valence-electron chi connectivity index (χ2n) is 1.31. The molecule has 0 aliphatic rings. The van der Waals surface area contributed by atoms with Crippen molar-refractivity contribution in [3.63, 3.8) is 0 Å². The Morgan fingerprint density at radius 2 is 2.00 bits per heavy atom. The van der Waals surface area contributed by atoms with E-state index in [9.17, 15) is 0 Å². The maximum absolute atomic E-state index is 5.01. The molecule has 0 heterocycles. The van der Waals surface area contributed by atoms with Gasteiger partial charge in [-0.05, 0) is 0 Å². The molecule has 9 heavy (non-hydrogen) atoms. The number of hydrogen-bond acceptors (Lipinski definition) is 0. The molecule has 0 spiro atoms. The van der Waals surface area contributed by atoms with E-state index >= 15 is 0 Å². The zero-order chi connectivity index (χ0) is 6.83. The maximum atomic E-state index is 5.01. The van der Waals surface area contributed by atoms with Gasteiger partial charge in [0.15, 0.2) is 0 Å². The average molecular weight is 135 g/mol. The quantitative estimate of drug-likeness (QED) is 0.402. The van der Waals surface area contributed by atoms with Gasteiger partial charge in [0.05, 0.1) is 0 Å². The van der Waals surface area contributed by atoms with Gasteiger partial charge in [0, 0.05) is 0 Å². The Hall–Kier alpha value is 0.116. The van der Waals surface area contributed by atoms with Crippen LogP contribution in [-0.2, 0) is 0 Å². The molecule has 0 unspecified atom stereocenters. The van der Waals surface area contributed by atoms with E-state index in [1.54, 1.807) is 6.08 Å². The fraction of sp³-hybridized carbons (Fsp3) is 0.375. The molecule has 0 aliphatic heterocycles. The molecule has 0 aromatic rings. The molecular weight excluding hydrogens is 120 g/mol. The van der Waals surface area contributed by atoms with Gasteiger partial charge in [-0.15, -0.1) is 0 Å². The second kappa shape index (κ2) is 24.3. The average Bonchev–Trinajstić information content (AvgIpc) is 1.71. The summed E-state index contributed by atoms with van der Waals surface area (Å²) in [5.41, 5.74) is 0. The first kappa shape index (κ1) is 16.1. The van der Waals surface area contributed by atoms with E-state index in [1.165, 1.54) is 6.08 Å². The van der Waals surface area contributed by atoms with Crippen molar-refractivity contribution >= 4 is 23.1 Å². The van der Waals surface area contributed by atoms with Gasteiger partial charge < -0.3 is 6.58 Å². The summed E-state index contributed by atoms with van der Waals surface area (Å²) in [5.74, 6) is 0. The molecular formula is C8H14Mg. The van der Waals surface area contributed by atoms with Gasteiger partial charge in [0.25, 0.3) is 0 Å². The van der Waals surface area contributed by atoms with Crippen LogP contribution in [0.3, 0.4) is 0 Å². The van der Waals surface area contributed by atoms with Gasteiger partial charge in [0.1, 0.15) is 0 Å². The van der Waals surface area contributed by atoms with Crippen LogP contribution >= 0.6 is 0 Å². The minimum atomic E-state index is 0. The smallest absolute Gasteiger partial charge is 0.518 e. The van der Waals surface area contributed by atoms with Gasteiger partial charge in [0.2, 0.25) is 0 Å². The third-order valence-electron chi connectivity index (χ3n) is 0.455. The molecule has 0 aliphatic carbocycles. The number of hydrogen-bond donors (Lipinski definition) is 0. The molecule has 0 saturated carbocycles. The summed E-state index contributed by atoms with van der Waals surface area (Å²) in [6.45, 7) is 13.6. The van der Waals surface area contributed by atoms with Crippen molar-refractivity contribution in [1.29, 1.82) is 0 Å². The summed E-state index contributed by atoms with van der Waals surface area (Å²) in [6, 6.07) is 0. The summed E-state index contributed by atoms with van der Waals surface area (Å²) >= 11 is 0. The molecule has 0 atom stereocenters. The van der Waals surface area contributed by atoms with Gasteiger partial charge in [-0.2, -0.15) is 0 Å². The maximum Gasteiger partial charge on any atom is 2.00 e. The molecule has 0 saturated heterocycles. The van der Waals surface area contributed by atoms with Crippen LogP contribution in [0, 0.1) is 13.5 Å². The van der Waals surface area contributed by atoms with Gasteiger partial charge >= 0.3 is 23.1 Å². The van der Waals surface area contributed by atoms with Crippen molar-refractivity contribution in [2.24, 2.45) is 0 Å². The summed E-state index contributed by atoms with van der Waals surface area (Å²) in [6.07, 6.45) is 5.39. The van der Waals surface area contributed by atoms with Crippen molar-refractivity contribution < 1.29 is 0 Å². The first-order valence-electron chi connectivity index (χ1n) is 2.77. The Bertz CT molecular complexity index is 48.5. The van der Waals surface area contributed by atoms with Crippen molar-refractivity contribution in [2.45, 2.75) is 19.8 Å². The minimum absolute atomic E-state index is 0. The number of allylic oxidation sites excluding steroid dienone is 2. The third kappa shape index (κ3) is 67.8. The van der Waals surface area contributed by atoms with Crippen molar-refractivity contribution in [3.8, 4) is 0 Å². The van der Waals surface area contributed by atoms with Crippen LogP contribution in [-0.4, -0.2) is 23.1 Å². The van der Waals surface area contributed by atoms with Crippen molar-refractivity contribution in [3.05, 3.63) is 32.2 Å². The van der Waals surface area contributed by atoms with E-state index in [1.807, 2.05) is 0 Å². The summed E-state index contributed by atoms with van der Waals surface area (Å²) in [5, 5.41) is 0. The van der Waals surface area contributed by atoms with Crippen LogP contribution in [0.1, 0.15) is 19.8 Å². The van der Waals surface area contributed by atoms with Gasteiger partial charge in [-0.3, -0.25) is 6.08 Å². The summed E-state index contributed by atoms with van der Waals surface area (Å²) < 4.78 is 0. The molecule has 0 aromatic heterocycles. The van der Waals surface area contributed by atoms with Crippen LogP contribution in [0.4, 0.5) is 0 Å². The fourth-order valence-corrected chi connectivity index (χ4v) is 0.167. The Labute approximate surface area is 75.2 Å². The van der Waals surface area contributed by atoms with E-state index in [2.05, 4.69) is 20.4 Å². The predicted molar refractivity (Wildman–Crippen MR) is 45.1 cm³/mol. The van der Waals surface area contributed by atoms with Gasteiger partial charge in [-0.25, -0.2) is 19.6 Å². The van der Waals surface area contributed by atoms with Crippen LogP contribution in [0.25, 0.3) is 0 Å². The zero-order valence-electron chi connectivity index (χ0n) is 6.27. The summed E-state index contributed by atoms with van der Waals surface area (Å²) in [7, 11) is 0. The van der Waals surface area contributed by atoms with E-state index in [4.69, 9.17) is 6.58 Å². The molecule has 0 radical (unpaired) electrons. The number of unbranched alkanes of at least 4 members (excludes halogenated alkanes) is 1. The Balaban J connectivity index is -0.0000000800. The van der Waals surface area contributed by atoms with E-state index < -0.39 is 0 Å². The number of rotatable bonds is 2.